The Kier molecular flexibility index (Phi) is 5.20. The molecule has 3 saturated carbocycles. The van der Waals surface area contributed by atoms with Crippen LogP contribution in [0.25, 0.3) is 0 Å². The predicted molar refractivity (Wildman–Crippen MR) is 113 cm³/mol. The van der Waals surface area contributed by atoms with Crippen LogP contribution in [0.4, 0.5) is 0 Å². The number of Topliss-reactive ketones (excluding diaryl/α,β-unsaturated/α-hetero) is 1. The molecule has 4 aliphatic carbocycles. The molecule has 0 aromatic carbocycles. The summed E-state index contributed by atoms with van der Waals surface area (Å²) < 4.78 is 0. The van der Waals surface area contributed by atoms with E-state index < -0.39 is 0 Å². The summed E-state index contributed by atoms with van der Waals surface area (Å²) in [5.41, 5.74) is 1.56. The molecule has 0 spiro atoms. The molecular formula is C24H34O2S. The Morgan fingerprint density at radius 2 is 2.04 bits per heavy atom. The van der Waals surface area contributed by atoms with Crippen molar-refractivity contribution in [2.75, 3.05) is 11.5 Å². The van der Waals surface area contributed by atoms with Crippen molar-refractivity contribution in [3.05, 3.63) is 24.3 Å². The molecule has 0 aromatic rings. The van der Waals surface area contributed by atoms with Gasteiger partial charge in [0.1, 0.15) is 5.78 Å². The highest BCUT2D eigenvalue weighted by Gasteiger charge is 2.61. The number of hydrogen-bond donors (Lipinski definition) is 0. The Morgan fingerprint density at radius 3 is 2.78 bits per heavy atom. The maximum absolute atomic E-state index is 13.2. The highest BCUT2D eigenvalue weighted by atomic mass is 32.2. The largest absolute Gasteiger partial charge is 0.299 e. The van der Waals surface area contributed by atoms with Crippen molar-refractivity contribution in [3.63, 3.8) is 0 Å². The Balaban J connectivity index is 1.68. The Bertz CT molecular complexity index is 680. The monoisotopic (exact) mass is 386 g/mol. The molecule has 0 radical (unpaired) electrons. The van der Waals surface area contributed by atoms with E-state index in [1.54, 1.807) is 0 Å². The first-order valence-corrected chi connectivity index (χ1v) is 12.1. The molecule has 4 aliphatic rings. The van der Waals surface area contributed by atoms with E-state index in [2.05, 4.69) is 20.4 Å². The lowest BCUT2D eigenvalue weighted by Crippen LogP contribution is -2.52. The van der Waals surface area contributed by atoms with Gasteiger partial charge in [0, 0.05) is 28.9 Å². The van der Waals surface area contributed by atoms with Crippen LogP contribution in [0.2, 0.25) is 0 Å². The van der Waals surface area contributed by atoms with Gasteiger partial charge in [-0.1, -0.05) is 25.5 Å². The third kappa shape index (κ3) is 2.91. The van der Waals surface area contributed by atoms with Gasteiger partial charge in [0.15, 0.2) is 5.78 Å². The highest BCUT2D eigenvalue weighted by Crippen LogP contribution is 2.66. The number of thioether (sulfide) groups is 1. The predicted octanol–water partition coefficient (Wildman–Crippen LogP) is 5.62. The molecule has 2 nitrogen and oxygen atoms in total. The fourth-order valence-corrected chi connectivity index (χ4v) is 8.37. The Morgan fingerprint density at radius 1 is 1.22 bits per heavy atom. The third-order valence-electron chi connectivity index (χ3n) is 8.56. The lowest BCUT2D eigenvalue weighted by atomic mass is 9.47. The quantitative estimate of drug-likeness (QED) is 0.575. The summed E-state index contributed by atoms with van der Waals surface area (Å²) in [5, 5.41) is 0. The van der Waals surface area contributed by atoms with E-state index in [1.165, 1.54) is 18.4 Å². The first-order chi connectivity index (χ1) is 13.0. The minimum atomic E-state index is -0.111. The van der Waals surface area contributed by atoms with Gasteiger partial charge >= 0.3 is 0 Å². The highest BCUT2D eigenvalue weighted by molar-refractivity contribution is 7.99. The number of carbonyl (C=O) groups is 2. The molecule has 0 N–H and O–H groups in total. The Hall–Kier alpha value is -0.830. The number of allylic oxidation sites excluding steroid dienone is 2. The summed E-state index contributed by atoms with van der Waals surface area (Å²) in [6.07, 6.45) is 12.1. The number of ketones is 2. The number of hydrogen-bond acceptors (Lipinski definition) is 3. The molecule has 0 aliphatic heterocycles. The number of carbonyl (C=O) groups excluding carboxylic acids is 2. The van der Waals surface area contributed by atoms with Gasteiger partial charge in [-0.15, -0.1) is 6.58 Å². The minimum absolute atomic E-state index is 0.111. The van der Waals surface area contributed by atoms with Gasteiger partial charge in [0.25, 0.3) is 0 Å². The van der Waals surface area contributed by atoms with Crippen LogP contribution in [0, 0.1) is 34.5 Å². The van der Waals surface area contributed by atoms with Gasteiger partial charge in [-0.05, 0) is 74.5 Å². The standard InChI is InChI=1S/C24H34O2S/c1-4-6-16-13-21-19-8-7-17-14-18(25)9-12-24(17,15-27-5-2)20(19)10-11-23(21,3)22(16)26/h4,14,16,19-21H,1,5-13,15H2,2-3H3/t16?,19-,20-,21+,23+,24-/m1/s1. The second kappa shape index (κ2) is 7.21. The van der Waals surface area contributed by atoms with Gasteiger partial charge in [0.2, 0.25) is 0 Å². The van der Waals surface area contributed by atoms with Crippen molar-refractivity contribution in [2.45, 2.75) is 65.2 Å². The molecule has 148 valence electrons. The summed E-state index contributed by atoms with van der Waals surface area (Å²) in [7, 11) is 0. The molecule has 6 atom stereocenters. The van der Waals surface area contributed by atoms with Crippen molar-refractivity contribution >= 4 is 23.3 Å². The molecule has 0 heterocycles. The number of fused-ring (bicyclic) bond motifs is 5. The van der Waals surface area contributed by atoms with Crippen molar-refractivity contribution in [3.8, 4) is 0 Å². The van der Waals surface area contributed by atoms with Gasteiger partial charge in [0.05, 0.1) is 0 Å². The van der Waals surface area contributed by atoms with E-state index in [4.69, 9.17) is 0 Å². The molecule has 0 aromatic heterocycles. The summed E-state index contributed by atoms with van der Waals surface area (Å²) in [4.78, 5) is 25.3. The van der Waals surface area contributed by atoms with Crippen LogP contribution in [-0.4, -0.2) is 23.1 Å². The normalized spacial score (nSPS) is 43.6. The van der Waals surface area contributed by atoms with Crippen LogP contribution in [0.3, 0.4) is 0 Å². The molecular weight excluding hydrogens is 352 g/mol. The lowest BCUT2D eigenvalue weighted by molar-refractivity contribution is -0.134. The second-order valence-electron chi connectivity index (χ2n) is 9.62. The van der Waals surface area contributed by atoms with E-state index in [-0.39, 0.29) is 16.7 Å². The van der Waals surface area contributed by atoms with Crippen molar-refractivity contribution in [1.29, 1.82) is 0 Å². The van der Waals surface area contributed by atoms with Crippen LogP contribution < -0.4 is 0 Å². The molecule has 3 heteroatoms. The van der Waals surface area contributed by atoms with Crippen LogP contribution in [-0.2, 0) is 9.59 Å². The van der Waals surface area contributed by atoms with E-state index in [1.807, 2.05) is 23.9 Å². The first-order valence-electron chi connectivity index (χ1n) is 10.9. The minimum Gasteiger partial charge on any atom is -0.299 e. The van der Waals surface area contributed by atoms with E-state index in [0.717, 1.165) is 50.0 Å². The van der Waals surface area contributed by atoms with Gasteiger partial charge < -0.3 is 0 Å². The molecule has 4 rings (SSSR count). The first kappa shape index (κ1) is 19.5. The number of rotatable bonds is 5. The SMILES string of the molecule is C=CCC1C[C@H]2[C@@H]3CCC4=CC(=O)CC[C@]4(CSCC)[C@@H]3CC[C@]2(C)C1=O. The maximum Gasteiger partial charge on any atom is 0.155 e. The summed E-state index contributed by atoms with van der Waals surface area (Å²) in [6.45, 7) is 8.40. The van der Waals surface area contributed by atoms with Gasteiger partial charge in [-0.2, -0.15) is 11.8 Å². The molecule has 0 bridgehead atoms. The summed E-state index contributed by atoms with van der Waals surface area (Å²) in [6, 6.07) is 0. The second-order valence-corrected chi connectivity index (χ2v) is 10.9. The summed E-state index contributed by atoms with van der Waals surface area (Å²) in [5.74, 6) is 5.21. The maximum atomic E-state index is 13.2. The topological polar surface area (TPSA) is 34.1 Å². The van der Waals surface area contributed by atoms with Crippen molar-refractivity contribution in [1.82, 2.24) is 0 Å². The fourth-order valence-electron chi connectivity index (χ4n) is 7.26. The molecule has 3 fully saturated rings. The van der Waals surface area contributed by atoms with Gasteiger partial charge in [-0.25, -0.2) is 0 Å². The van der Waals surface area contributed by atoms with E-state index >= 15 is 0 Å². The molecule has 0 saturated heterocycles. The van der Waals surface area contributed by atoms with Crippen molar-refractivity contribution < 1.29 is 9.59 Å². The van der Waals surface area contributed by atoms with E-state index in [0.29, 0.717) is 29.3 Å². The Labute approximate surface area is 168 Å². The van der Waals surface area contributed by atoms with Crippen LogP contribution in [0.5, 0.6) is 0 Å². The fraction of sp³-hybridized carbons (Fsp3) is 0.750. The third-order valence-corrected chi connectivity index (χ3v) is 9.69. The molecule has 0 amide bonds. The average molecular weight is 387 g/mol. The molecule has 27 heavy (non-hydrogen) atoms. The van der Waals surface area contributed by atoms with Crippen LogP contribution in [0.15, 0.2) is 24.3 Å². The van der Waals surface area contributed by atoms with Crippen LogP contribution >= 0.6 is 11.8 Å². The smallest absolute Gasteiger partial charge is 0.155 e. The van der Waals surface area contributed by atoms with E-state index in [9.17, 15) is 9.59 Å². The lowest BCUT2D eigenvalue weighted by Gasteiger charge is -2.58. The zero-order chi connectivity index (χ0) is 19.2. The summed E-state index contributed by atoms with van der Waals surface area (Å²) >= 11 is 2.05. The zero-order valence-electron chi connectivity index (χ0n) is 17.0. The average Bonchev–Trinajstić information content (AvgIpc) is 2.92. The van der Waals surface area contributed by atoms with Crippen LogP contribution in [0.1, 0.15) is 65.2 Å². The van der Waals surface area contributed by atoms with Crippen molar-refractivity contribution in [2.24, 2.45) is 34.5 Å². The van der Waals surface area contributed by atoms with Gasteiger partial charge in [-0.3, -0.25) is 9.59 Å². The zero-order valence-corrected chi connectivity index (χ0v) is 17.8. The molecule has 1 unspecified atom stereocenters.